The van der Waals surface area contributed by atoms with E-state index in [1.807, 2.05) is 6.92 Å². The molecule has 2 rings (SSSR count). The van der Waals surface area contributed by atoms with Crippen molar-refractivity contribution in [2.24, 2.45) is 0 Å². The molecular formula is C15H17F2N3. The maximum Gasteiger partial charge on any atom is 0.186 e. The van der Waals surface area contributed by atoms with Gasteiger partial charge in [-0.1, -0.05) is 25.1 Å². The Morgan fingerprint density at radius 2 is 1.90 bits per heavy atom. The molecule has 106 valence electrons. The summed E-state index contributed by atoms with van der Waals surface area (Å²) in [4.78, 5) is 8.23. The third-order valence-electron chi connectivity index (χ3n) is 2.91. The summed E-state index contributed by atoms with van der Waals surface area (Å²) in [6.45, 7) is 4.20. The van der Waals surface area contributed by atoms with Crippen molar-refractivity contribution in [2.75, 3.05) is 11.9 Å². The van der Waals surface area contributed by atoms with Gasteiger partial charge in [-0.2, -0.15) is 0 Å². The number of anilines is 1. The first kappa shape index (κ1) is 14.4. The average Bonchev–Trinajstić information content (AvgIpc) is 2.43. The lowest BCUT2D eigenvalue weighted by Gasteiger charge is -2.10. The van der Waals surface area contributed by atoms with Gasteiger partial charge in [0, 0.05) is 13.0 Å². The molecule has 0 atom stereocenters. The number of nitrogens with zero attached hydrogens (tertiary/aromatic N) is 2. The molecule has 0 unspecified atom stereocenters. The van der Waals surface area contributed by atoms with Crippen molar-refractivity contribution in [2.45, 2.75) is 26.7 Å². The first-order valence-electron chi connectivity index (χ1n) is 6.62. The minimum absolute atomic E-state index is 0.186. The normalized spacial score (nSPS) is 10.6. The van der Waals surface area contributed by atoms with E-state index >= 15 is 0 Å². The van der Waals surface area contributed by atoms with E-state index in [1.165, 1.54) is 6.07 Å². The van der Waals surface area contributed by atoms with Crippen LogP contribution in [0.25, 0.3) is 0 Å². The zero-order chi connectivity index (χ0) is 14.5. The maximum absolute atomic E-state index is 13.9. The average molecular weight is 277 g/mol. The number of hydrogen-bond acceptors (Lipinski definition) is 3. The summed E-state index contributed by atoms with van der Waals surface area (Å²) in [7, 11) is 0. The second-order valence-electron chi connectivity index (χ2n) is 4.58. The predicted octanol–water partition coefficient (Wildman–Crippen LogP) is 3.48. The summed E-state index contributed by atoms with van der Waals surface area (Å²) < 4.78 is 27.5. The molecule has 1 heterocycles. The van der Waals surface area contributed by atoms with Crippen LogP contribution in [0.1, 0.15) is 30.4 Å². The van der Waals surface area contributed by atoms with E-state index in [-0.39, 0.29) is 23.7 Å². The van der Waals surface area contributed by atoms with Crippen LogP contribution < -0.4 is 5.32 Å². The molecule has 1 aromatic heterocycles. The van der Waals surface area contributed by atoms with Crippen LogP contribution in [-0.4, -0.2) is 16.5 Å². The van der Waals surface area contributed by atoms with Crippen LogP contribution in [-0.2, 0) is 6.42 Å². The Labute approximate surface area is 117 Å². The summed E-state index contributed by atoms with van der Waals surface area (Å²) in [5.74, 6) is -0.157. The minimum atomic E-state index is -0.448. The van der Waals surface area contributed by atoms with Crippen LogP contribution in [0, 0.1) is 18.6 Å². The number of rotatable bonds is 5. The van der Waals surface area contributed by atoms with Crippen LogP contribution in [0.3, 0.4) is 0 Å². The van der Waals surface area contributed by atoms with Gasteiger partial charge in [0.1, 0.15) is 11.6 Å². The van der Waals surface area contributed by atoms with Crippen molar-refractivity contribution < 1.29 is 8.78 Å². The Hall–Kier alpha value is -2.04. The van der Waals surface area contributed by atoms with Crippen LogP contribution in [0.15, 0.2) is 24.3 Å². The van der Waals surface area contributed by atoms with Crippen molar-refractivity contribution in [3.8, 4) is 0 Å². The second-order valence-corrected chi connectivity index (χ2v) is 4.58. The summed E-state index contributed by atoms with van der Waals surface area (Å²) in [5.41, 5.74) is 0.768. The van der Waals surface area contributed by atoms with Gasteiger partial charge in [0.2, 0.25) is 0 Å². The van der Waals surface area contributed by atoms with Crippen LogP contribution in [0.2, 0.25) is 0 Å². The maximum atomic E-state index is 13.9. The number of nitrogens with one attached hydrogen (secondary N) is 1. The summed E-state index contributed by atoms with van der Waals surface area (Å²) >= 11 is 0. The van der Waals surface area contributed by atoms with Gasteiger partial charge < -0.3 is 5.32 Å². The number of benzene rings is 1. The number of aromatic nitrogens is 2. The van der Waals surface area contributed by atoms with Gasteiger partial charge in [0.15, 0.2) is 11.6 Å². The van der Waals surface area contributed by atoms with Gasteiger partial charge in [-0.3, -0.25) is 0 Å². The van der Waals surface area contributed by atoms with E-state index in [4.69, 9.17) is 0 Å². The van der Waals surface area contributed by atoms with Gasteiger partial charge in [-0.15, -0.1) is 0 Å². The molecule has 0 fully saturated rings. The van der Waals surface area contributed by atoms with E-state index in [0.29, 0.717) is 17.9 Å². The molecule has 0 saturated heterocycles. The highest BCUT2D eigenvalue weighted by Gasteiger charge is 2.12. The number of aryl methyl sites for hydroxylation is 1. The Kier molecular flexibility index (Phi) is 4.61. The third kappa shape index (κ3) is 3.29. The van der Waals surface area contributed by atoms with Gasteiger partial charge in [-0.05, 0) is 25.0 Å². The highest BCUT2D eigenvalue weighted by molar-refractivity contribution is 5.38. The first-order chi connectivity index (χ1) is 9.61. The number of hydrogen-bond donors (Lipinski definition) is 1. The topological polar surface area (TPSA) is 37.8 Å². The highest BCUT2D eigenvalue weighted by atomic mass is 19.1. The van der Waals surface area contributed by atoms with E-state index in [1.54, 1.807) is 25.1 Å². The summed E-state index contributed by atoms with van der Waals surface area (Å²) in [5, 5.41) is 2.92. The Morgan fingerprint density at radius 1 is 1.15 bits per heavy atom. The molecule has 1 N–H and O–H groups in total. The van der Waals surface area contributed by atoms with Gasteiger partial charge >= 0.3 is 0 Å². The predicted molar refractivity (Wildman–Crippen MR) is 74.7 cm³/mol. The lowest BCUT2D eigenvalue weighted by Crippen LogP contribution is -2.10. The largest absolute Gasteiger partial charge is 0.368 e. The smallest absolute Gasteiger partial charge is 0.186 e. The molecule has 0 spiro atoms. The molecule has 20 heavy (non-hydrogen) atoms. The zero-order valence-corrected chi connectivity index (χ0v) is 11.6. The Balaban J connectivity index is 2.28. The molecule has 0 amide bonds. The van der Waals surface area contributed by atoms with Gasteiger partial charge in [0.25, 0.3) is 0 Å². The standard InChI is InChI=1S/C15H17F2N3/c1-3-8-18-15-14(17)10(2)19-13(20-15)9-11-6-4-5-7-12(11)16/h4-7H,3,8-9H2,1-2H3,(H,18,19,20). The SMILES string of the molecule is CCCNc1nc(Cc2ccccc2F)nc(C)c1F. The van der Waals surface area contributed by atoms with Crippen molar-refractivity contribution >= 4 is 5.82 Å². The van der Waals surface area contributed by atoms with Gasteiger partial charge in [0.05, 0.1) is 5.69 Å². The third-order valence-corrected chi connectivity index (χ3v) is 2.91. The fourth-order valence-corrected chi connectivity index (χ4v) is 1.87. The van der Waals surface area contributed by atoms with E-state index < -0.39 is 5.82 Å². The quantitative estimate of drug-likeness (QED) is 0.909. The second kappa shape index (κ2) is 6.41. The van der Waals surface area contributed by atoms with Crippen molar-refractivity contribution in [1.82, 2.24) is 9.97 Å². The van der Waals surface area contributed by atoms with E-state index in [9.17, 15) is 8.78 Å². The molecule has 0 saturated carbocycles. The molecule has 0 aliphatic heterocycles. The summed E-state index contributed by atoms with van der Waals surface area (Å²) in [6.07, 6.45) is 1.11. The lowest BCUT2D eigenvalue weighted by atomic mass is 10.1. The molecule has 0 aliphatic rings. The monoisotopic (exact) mass is 277 g/mol. The first-order valence-corrected chi connectivity index (χ1v) is 6.62. The van der Waals surface area contributed by atoms with Crippen molar-refractivity contribution in [3.05, 3.63) is 53.0 Å². The van der Waals surface area contributed by atoms with Gasteiger partial charge in [-0.25, -0.2) is 18.7 Å². The lowest BCUT2D eigenvalue weighted by molar-refractivity contribution is 0.596. The molecule has 2 aromatic rings. The Morgan fingerprint density at radius 3 is 2.60 bits per heavy atom. The van der Waals surface area contributed by atoms with Crippen molar-refractivity contribution in [3.63, 3.8) is 0 Å². The number of halogens is 2. The van der Waals surface area contributed by atoms with Crippen LogP contribution >= 0.6 is 0 Å². The molecule has 1 aromatic carbocycles. The fraction of sp³-hybridized carbons (Fsp3) is 0.333. The molecule has 0 radical (unpaired) electrons. The fourth-order valence-electron chi connectivity index (χ4n) is 1.87. The molecule has 3 nitrogen and oxygen atoms in total. The van der Waals surface area contributed by atoms with E-state index in [2.05, 4.69) is 15.3 Å². The highest BCUT2D eigenvalue weighted by Crippen LogP contribution is 2.17. The molecule has 0 bridgehead atoms. The Bertz CT molecular complexity index is 600. The van der Waals surface area contributed by atoms with E-state index in [0.717, 1.165) is 6.42 Å². The van der Waals surface area contributed by atoms with Crippen LogP contribution in [0.4, 0.5) is 14.6 Å². The molecule has 0 aliphatic carbocycles. The molecule has 5 heteroatoms. The van der Waals surface area contributed by atoms with Crippen molar-refractivity contribution in [1.29, 1.82) is 0 Å². The minimum Gasteiger partial charge on any atom is -0.368 e. The zero-order valence-electron chi connectivity index (χ0n) is 11.6. The summed E-state index contributed by atoms with van der Waals surface area (Å²) in [6, 6.07) is 6.45. The molecular weight excluding hydrogens is 260 g/mol. The van der Waals surface area contributed by atoms with Crippen LogP contribution in [0.5, 0.6) is 0 Å².